The number of rotatable bonds is 4. The molecule has 102 valence electrons. The fourth-order valence-electron chi connectivity index (χ4n) is 1.91. The molecular formula is C14H14N4O2. The van der Waals surface area contributed by atoms with Crippen LogP contribution in [0.25, 0.3) is 5.65 Å². The number of benzene rings is 1. The lowest BCUT2D eigenvalue weighted by atomic mass is 10.3. The predicted molar refractivity (Wildman–Crippen MR) is 74.7 cm³/mol. The molecule has 3 aromatic rings. The third-order valence-electron chi connectivity index (χ3n) is 2.86. The van der Waals surface area contributed by atoms with Crippen LogP contribution in [0.2, 0.25) is 0 Å². The summed E-state index contributed by atoms with van der Waals surface area (Å²) in [5.41, 5.74) is 6.52. The van der Waals surface area contributed by atoms with Gasteiger partial charge in [-0.2, -0.15) is 4.52 Å². The van der Waals surface area contributed by atoms with Gasteiger partial charge in [-0.05, 0) is 24.3 Å². The third kappa shape index (κ3) is 2.23. The van der Waals surface area contributed by atoms with E-state index in [4.69, 9.17) is 15.2 Å². The molecule has 0 saturated carbocycles. The number of fused-ring (bicyclic) bond motifs is 1. The number of nitrogens with two attached hydrogens (primary N) is 1. The molecular weight excluding hydrogens is 256 g/mol. The van der Waals surface area contributed by atoms with E-state index in [2.05, 4.69) is 10.1 Å². The molecule has 0 bridgehead atoms. The van der Waals surface area contributed by atoms with Crippen LogP contribution < -0.4 is 15.2 Å². The molecule has 2 N–H and O–H groups in total. The first-order valence-electron chi connectivity index (χ1n) is 6.14. The van der Waals surface area contributed by atoms with E-state index in [0.29, 0.717) is 28.8 Å². The average molecular weight is 270 g/mol. The first kappa shape index (κ1) is 12.3. The Morgan fingerprint density at radius 2 is 1.90 bits per heavy atom. The van der Waals surface area contributed by atoms with E-state index in [9.17, 15) is 0 Å². The second kappa shape index (κ2) is 5.08. The number of aromatic nitrogens is 3. The van der Waals surface area contributed by atoms with E-state index in [1.807, 2.05) is 36.4 Å². The summed E-state index contributed by atoms with van der Waals surface area (Å²) >= 11 is 0. The van der Waals surface area contributed by atoms with Crippen molar-refractivity contribution in [3.8, 4) is 11.5 Å². The number of hydrogen-bond donors (Lipinski definition) is 1. The molecule has 0 fully saturated rings. The molecule has 0 unspecified atom stereocenters. The monoisotopic (exact) mass is 270 g/mol. The van der Waals surface area contributed by atoms with Gasteiger partial charge in [-0.25, -0.2) is 4.98 Å². The molecule has 0 radical (unpaired) electrons. The Morgan fingerprint density at radius 1 is 1.10 bits per heavy atom. The fourth-order valence-corrected chi connectivity index (χ4v) is 1.91. The zero-order valence-electron chi connectivity index (χ0n) is 11.0. The smallest absolute Gasteiger partial charge is 0.189 e. The van der Waals surface area contributed by atoms with Crippen LogP contribution in [0.5, 0.6) is 11.5 Å². The molecule has 0 amide bonds. The minimum Gasteiger partial charge on any atom is -0.493 e. The lowest BCUT2D eigenvalue weighted by molar-refractivity contribution is 0.276. The quantitative estimate of drug-likeness (QED) is 0.783. The van der Waals surface area contributed by atoms with E-state index >= 15 is 0 Å². The van der Waals surface area contributed by atoms with Crippen molar-refractivity contribution in [2.24, 2.45) is 0 Å². The van der Waals surface area contributed by atoms with E-state index in [-0.39, 0.29) is 6.61 Å². The SMILES string of the molecule is COc1ccccc1OCc1nc2cccc(N)n2n1. The minimum absolute atomic E-state index is 0.251. The highest BCUT2D eigenvalue weighted by Gasteiger charge is 2.08. The van der Waals surface area contributed by atoms with Gasteiger partial charge >= 0.3 is 0 Å². The van der Waals surface area contributed by atoms with Crippen molar-refractivity contribution in [2.45, 2.75) is 6.61 Å². The second-order valence-electron chi connectivity index (χ2n) is 4.19. The Kier molecular flexibility index (Phi) is 3.12. The summed E-state index contributed by atoms with van der Waals surface area (Å²) in [5.74, 6) is 2.44. The summed E-state index contributed by atoms with van der Waals surface area (Å²) in [7, 11) is 1.60. The number of pyridine rings is 1. The summed E-state index contributed by atoms with van der Waals surface area (Å²) in [6.07, 6.45) is 0. The second-order valence-corrected chi connectivity index (χ2v) is 4.19. The number of para-hydroxylation sites is 2. The Hall–Kier alpha value is -2.76. The average Bonchev–Trinajstić information content (AvgIpc) is 2.90. The van der Waals surface area contributed by atoms with E-state index < -0.39 is 0 Å². The van der Waals surface area contributed by atoms with Gasteiger partial charge in [-0.1, -0.05) is 18.2 Å². The van der Waals surface area contributed by atoms with Crippen LogP contribution in [0.4, 0.5) is 5.82 Å². The van der Waals surface area contributed by atoms with Gasteiger partial charge in [0.05, 0.1) is 7.11 Å². The minimum atomic E-state index is 0.251. The van der Waals surface area contributed by atoms with Gasteiger partial charge in [0.25, 0.3) is 0 Å². The molecule has 20 heavy (non-hydrogen) atoms. The van der Waals surface area contributed by atoms with Gasteiger partial charge in [0.15, 0.2) is 23.0 Å². The van der Waals surface area contributed by atoms with Crippen LogP contribution in [-0.4, -0.2) is 21.7 Å². The molecule has 3 rings (SSSR count). The highest BCUT2D eigenvalue weighted by Crippen LogP contribution is 2.26. The largest absolute Gasteiger partial charge is 0.493 e. The summed E-state index contributed by atoms with van der Waals surface area (Å²) in [6, 6.07) is 12.9. The molecule has 6 nitrogen and oxygen atoms in total. The maximum absolute atomic E-state index is 5.82. The molecule has 6 heteroatoms. The number of nitrogens with zero attached hydrogens (tertiary/aromatic N) is 3. The lowest BCUT2D eigenvalue weighted by Gasteiger charge is -2.08. The van der Waals surface area contributed by atoms with Crippen molar-refractivity contribution in [3.63, 3.8) is 0 Å². The first-order valence-corrected chi connectivity index (χ1v) is 6.14. The van der Waals surface area contributed by atoms with Crippen LogP contribution in [-0.2, 0) is 6.61 Å². The fraction of sp³-hybridized carbons (Fsp3) is 0.143. The zero-order chi connectivity index (χ0) is 13.9. The topological polar surface area (TPSA) is 74.7 Å². The molecule has 2 heterocycles. The van der Waals surface area contributed by atoms with Gasteiger partial charge in [-0.15, -0.1) is 5.10 Å². The van der Waals surface area contributed by atoms with Gasteiger partial charge in [-0.3, -0.25) is 0 Å². The van der Waals surface area contributed by atoms with Gasteiger partial charge in [0.1, 0.15) is 12.4 Å². The van der Waals surface area contributed by atoms with E-state index in [1.165, 1.54) is 0 Å². The highest BCUT2D eigenvalue weighted by atomic mass is 16.5. The van der Waals surface area contributed by atoms with E-state index in [0.717, 1.165) is 0 Å². The summed E-state index contributed by atoms with van der Waals surface area (Å²) < 4.78 is 12.5. The molecule has 0 aliphatic carbocycles. The molecule has 0 saturated heterocycles. The Balaban J connectivity index is 1.82. The Morgan fingerprint density at radius 3 is 2.65 bits per heavy atom. The Bertz CT molecular complexity index is 739. The van der Waals surface area contributed by atoms with Crippen molar-refractivity contribution < 1.29 is 9.47 Å². The van der Waals surface area contributed by atoms with Crippen molar-refractivity contribution in [1.82, 2.24) is 14.6 Å². The van der Waals surface area contributed by atoms with Crippen molar-refractivity contribution in [3.05, 3.63) is 48.3 Å². The van der Waals surface area contributed by atoms with Crippen LogP contribution in [0.15, 0.2) is 42.5 Å². The van der Waals surface area contributed by atoms with Crippen LogP contribution in [0, 0.1) is 0 Å². The predicted octanol–water partition coefficient (Wildman–Crippen LogP) is 1.90. The van der Waals surface area contributed by atoms with Gasteiger partial charge in [0, 0.05) is 0 Å². The molecule has 2 aromatic heterocycles. The molecule has 0 atom stereocenters. The maximum Gasteiger partial charge on any atom is 0.189 e. The number of methoxy groups -OCH3 is 1. The molecule has 0 aliphatic rings. The summed E-state index contributed by atoms with van der Waals surface area (Å²) in [5, 5.41) is 4.30. The molecule has 0 spiro atoms. The lowest BCUT2D eigenvalue weighted by Crippen LogP contribution is -2.01. The zero-order valence-corrected chi connectivity index (χ0v) is 11.0. The Labute approximate surface area is 115 Å². The number of nitrogen functional groups attached to an aromatic ring is 1. The van der Waals surface area contributed by atoms with Gasteiger partial charge < -0.3 is 15.2 Å². The van der Waals surface area contributed by atoms with E-state index in [1.54, 1.807) is 17.7 Å². The third-order valence-corrected chi connectivity index (χ3v) is 2.86. The molecule has 0 aliphatic heterocycles. The number of ether oxygens (including phenoxy) is 2. The highest BCUT2D eigenvalue weighted by molar-refractivity contribution is 5.46. The van der Waals surface area contributed by atoms with Crippen molar-refractivity contribution in [2.75, 3.05) is 12.8 Å². The van der Waals surface area contributed by atoms with Crippen LogP contribution in [0.1, 0.15) is 5.82 Å². The normalized spacial score (nSPS) is 10.7. The van der Waals surface area contributed by atoms with Crippen molar-refractivity contribution in [1.29, 1.82) is 0 Å². The van der Waals surface area contributed by atoms with Crippen LogP contribution in [0.3, 0.4) is 0 Å². The van der Waals surface area contributed by atoms with Gasteiger partial charge in [0.2, 0.25) is 0 Å². The number of anilines is 1. The number of hydrogen-bond acceptors (Lipinski definition) is 5. The summed E-state index contributed by atoms with van der Waals surface area (Å²) in [4.78, 5) is 4.35. The summed E-state index contributed by atoms with van der Waals surface area (Å²) in [6.45, 7) is 0.251. The molecule has 1 aromatic carbocycles. The standard InChI is InChI=1S/C14H14N4O2/c1-19-10-5-2-3-6-11(10)20-9-13-16-14-8-4-7-12(15)18(14)17-13/h2-8H,9,15H2,1H3. The van der Waals surface area contributed by atoms with Crippen LogP contribution >= 0.6 is 0 Å². The maximum atomic E-state index is 5.82. The first-order chi connectivity index (χ1) is 9.78. The van der Waals surface area contributed by atoms with Crippen molar-refractivity contribution >= 4 is 11.5 Å².